The predicted molar refractivity (Wildman–Crippen MR) is 230 cm³/mol. The Morgan fingerprint density at radius 1 is 0.672 bits per heavy atom. The lowest BCUT2D eigenvalue weighted by atomic mass is 10.1. The Morgan fingerprint density at radius 2 is 1.16 bits per heavy atom. The number of aryl methyl sites for hydroxylation is 2. The normalized spacial score (nSPS) is 13.5. The lowest BCUT2D eigenvalue weighted by molar-refractivity contribution is -0.134. The molecular formula is C47H44F6N2O4S2. The molecule has 0 bridgehead atoms. The van der Waals surface area contributed by atoms with Gasteiger partial charge in [0, 0.05) is 39.7 Å². The molecule has 4 heterocycles. The van der Waals surface area contributed by atoms with Gasteiger partial charge in [0.15, 0.2) is 0 Å². The van der Waals surface area contributed by atoms with Gasteiger partial charge in [-0.15, -0.1) is 22.7 Å². The molecule has 2 aliphatic heterocycles. The summed E-state index contributed by atoms with van der Waals surface area (Å²) in [4.78, 5) is 14.0. The third-order valence-corrected chi connectivity index (χ3v) is 12.2. The van der Waals surface area contributed by atoms with Crippen LogP contribution in [0.4, 0.5) is 42.5 Å². The molecule has 6 nitrogen and oxygen atoms in total. The maximum absolute atomic E-state index is 13.6. The Kier molecular flexibility index (Phi) is 12.5. The second kappa shape index (κ2) is 17.5. The first-order valence-electron chi connectivity index (χ1n) is 19.6. The maximum atomic E-state index is 13.6. The van der Waals surface area contributed by atoms with Gasteiger partial charge in [-0.1, -0.05) is 60.7 Å². The lowest BCUT2D eigenvalue weighted by Crippen LogP contribution is -2.36. The molecule has 1 N–H and O–H groups in total. The van der Waals surface area contributed by atoms with Gasteiger partial charge in [0.05, 0.1) is 5.69 Å². The number of nitrogens with zero attached hydrogens (tertiary/aromatic N) is 1. The number of hydrogen-bond acceptors (Lipinski definition) is 7. The molecule has 0 unspecified atom stereocenters. The number of thiophene rings is 2. The van der Waals surface area contributed by atoms with E-state index in [1.807, 2.05) is 52.8 Å². The Bertz CT molecular complexity index is 2510. The molecule has 4 aromatic carbocycles. The van der Waals surface area contributed by atoms with Gasteiger partial charge in [0.2, 0.25) is 0 Å². The van der Waals surface area contributed by atoms with Crippen LogP contribution in [0.2, 0.25) is 0 Å². The minimum Gasteiger partial charge on any atom is -0.488 e. The van der Waals surface area contributed by atoms with Crippen LogP contribution in [-0.4, -0.2) is 24.8 Å². The van der Waals surface area contributed by atoms with Crippen LogP contribution in [0.3, 0.4) is 0 Å². The van der Waals surface area contributed by atoms with E-state index in [4.69, 9.17) is 14.2 Å². The molecule has 320 valence electrons. The van der Waals surface area contributed by atoms with Crippen molar-refractivity contribution in [2.75, 3.05) is 23.3 Å². The number of nitrogens with one attached hydrogen (secondary N) is 1. The minimum absolute atomic E-state index is 0.0224. The van der Waals surface area contributed by atoms with Crippen molar-refractivity contribution in [2.24, 2.45) is 0 Å². The Hall–Kier alpha value is -5.47. The number of carbonyl (C=O) groups is 1. The van der Waals surface area contributed by atoms with Crippen molar-refractivity contribution in [3.8, 4) is 33.8 Å². The van der Waals surface area contributed by atoms with Gasteiger partial charge in [-0.2, -0.15) is 26.3 Å². The quantitative estimate of drug-likeness (QED) is 0.154. The smallest absolute Gasteiger partial charge is 0.426 e. The first-order chi connectivity index (χ1) is 28.8. The molecule has 0 saturated carbocycles. The molecule has 0 radical (unpaired) electrons. The van der Waals surface area contributed by atoms with Crippen LogP contribution >= 0.6 is 22.7 Å². The highest BCUT2D eigenvalue weighted by Gasteiger charge is 2.38. The number of halogens is 6. The van der Waals surface area contributed by atoms with Crippen LogP contribution in [0, 0.1) is 13.8 Å². The van der Waals surface area contributed by atoms with Crippen molar-refractivity contribution in [3.63, 3.8) is 0 Å². The van der Waals surface area contributed by atoms with Crippen LogP contribution in [0.15, 0.2) is 97.1 Å². The summed E-state index contributed by atoms with van der Waals surface area (Å²) < 4.78 is 98.6. The fourth-order valence-electron chi connectivity index (χ4n) is 7.42. The van der Waals surface area contributed by atoms with Gasteiger partial charge in [0.1, 0.15) is 40.1 Å². The van der Waals surface area contributed by atoms with E-state index in [1.54, 1.807) is 83.8 Å². The molecule has 0 fully saturated rings. The van der Waals surface area contributed by atoms with Crippen molar-refractivity contribution in [1.82, 2.24) is 0 Å². The average molecular weight is 879 g/mol. The first kappa shape index (κ1) is 43.6. The number of fused-ring (bicyclic) bond motifs is 2. The molecule has 8 rings (SSSR count). The molecule has 0 spiro atoms. The summed E-state index contributed by atoms with van der Waals surface area (Å²) in [5.41, 5.74) is 6.90. The molecule has 14 heteroatoms. The summed E-state index contributed by atoms with van der Waals surface area (Å²) in [6, 6.07) is 27.9. The van der Waals surface area contributed by atoms with E-state index in [2.05, 4.69) is 5.32 Å². The van der Waals surface area contributed by atoms with Gasteiger partial charge in [-0.3, -0.25) is 4.90 Å². The average Bonchev–Trinajstić information content (AvgIpc) is 4.02. The van der Waals surface area contributed by atoms with Crippen LogP contribution in [0.25, 0.3) is 22.3 Å². The molecule has 6 aromatic rings. The van der Waals surface area contributed by atoms with E-state index in [0.717, 1.165) is 52.4 Å². The van der Waals surface area contributed by atoms with Gasteiger partial charge in [-0.25, -0.2) is 4.79 Å². The van der Waals surface area contributed by atoms with Gasteiger partial charge in [-0.05, 0) is 117 Å². The summed E-state index contributed by atoms with van der Waals surface area (Å²) in [5, 5.41) is 3.34. The second-order valence-electron chi connectivity index (χ2n) is 15.8. The van der Waals surface area contributed by atoms with E-state index in [-0.39, 0.29) is 24.3 Å². The third kappa shape index (κ3) is 10.4. The number of ether oxygens (including phenoxy) is 3. The van der Waals surface area contributed by atoms with Gasteiger partial charge < -0.3 is 19.5 Å². The SMILES string of the molecule is Cc1cc(OCc2cc(-c3ccccc3)c(C(F)(F)F)s2)cc2c1N(C(=O)OC(C)(C)C)CC2.Cc1cc(OCc2cc(-c3ccccc3)c(C(F)(F)F)s2)cc2c1NCC2. The number of benzene rings is 4. The van der Waals surface area contributed by atoms with Gasteiger partial charge in [0.25, 0.3) is 0 Å². The number of carbonyl (C=O) groups excluding carboxylic acids is 1. The lowest BCUT2D eigenvalue weighted by Gasteiger charge is -2.25. The largest absolute Gasteiger partial charge is 0.488 e. The van der Waals surface area contributed by atoms with Crippen LogP contribution in [-0.2, 0) is 43.1 Å². The van der Waals surface area contributed by atoms with Crippen LogP contribution < -0.4 is 19.7 Å². The molecule has 0 aliphatic carbocycles. The Balaban J connectivity index is 0.000000189. The summed E-state index contributed by atoms with van der Waals surface area (Å²) >= 11 is 1.45. The topological polar surface area (TPSA) is 60.0 Å². The van der Waals surface area contributed by atoms with Gasteiger partial charge >= 0.3 is 18.4 Å². The van der Waals surface area contributed by atoms with Crippen molar-refractivity contribution in [1.29, 1.82) is 0 Å². The number of rotatable bonds is 8. The molecule has 0 saturated heterocycles. The summed E-state index contributed by atoms with van der Waals surface area (Å²) in [5.74, 6) is 1.25. The molecule has 0 atom stereocenters. The number of alkyl halides is 6. The zero-order chi connectivity index (χ0) is 43.7. The van der Waals surface area contributed by atoms with E-state index >= 15 is 0 Å². The molecule has 61 heavy (non-hydrogen) atoms. The van der Waals surface area contributed by atoms with E-state index in [0.29, 0.717) is 56.7 Å². The highest BCUT2D eigenvalue weighted by atomic mass is 32.1. The highest BCUT2D eigenvalue weighted by Crippen LogP contribution is 2.45. The molecule has 2 aromatic heterocycles. The fourth-order valence-corrected chi connectivity index (χ4v) is 9.34. The van der Waals surface area contributed by atoms with Crippen molar-refractivity contribution < 1.29 is 45.3 Å². The standard InChI is InChI=1S/C26H26F3NO3S.C21H18F3NOS/c1-16-12-19(13-18-10-11-30(22(16)18)24(31)33-25(2,3)4)32-15-20-14-21(17-8-6-5-7-9-17)23(34-20)26(27,28)29;1-13-9-16(10-15-7-8-25-19(13)15)26-12-17-11-18(14-5-3-2-4-6-14)20(27-17)21(22,23)24/h5-9,12-14H,10-11,15H2,1-4H3;2-6,9-11,25H,7-8,12H2,1H3. The van der Waals surface area contributed by atoms with E-state index in [9.17, 15) is 31.1 Å². The van der Waals surface area contributed by atoms with E-state index in [1.165, 1.54) is 5.56 Å². The second-order valence-corrected chi connectivity index (χ2v) is 18.1. The monoisotopic (exact) mass is 878 g/mol. The maximum Gasteiger partial charge on any atom is 0.426 e. The third-order valence-electron chi connectivity index (χ3n) is 9.94. The zero-order valence-electron chi connectivity index (χ0n) is 34.1. The zero-order valence-corrected chi connectivity index (χ0v) is 35.8. The molecule has 2 aliphatic rings. The summed E-state index contributed by atoms with van der Waals surface area (Å²) in [6.45, 7) is 10.9. The van der Waals surface area contributed by atoms with Crippen molar-refractivity contribution >= 4 is 40.1 Å². The number of amides is 1. The first-order valence-corrected chi connectivity index (χ1v) is 21.2. The van der Waals surface area contributed by atoms with Crippen molar-refractivity contribution in [2.45, 2.75) is 78.6 Å². The minimum atomic E-state index is -4.44. The fraction of sp³-hybridized carbons (Fsp3) is 0.298. The molecule has 1 amide bonds. The Morgan fingerprint density at radius 3 is 1.66 bits per heavy atom. The predicted octanol–water partition coefficient (Wildman–Crippen LogP) is 13.9. The summed E-state index contributed by atoms with van der Waals surface area (Å²) in [7, 11) is 0. The molecular weight excluding hydrogens is 835 g/mol. The summed E-state index contributed by atoms with van der Waals surface area (Å²) in [6.07, 6.45) is -7.63. The van der Waals surface area contributed by atoms with Crippen molar-refractivity contribution in [3.05, 3.63) is 139 Å². The Labute approximate surface area is 358 Å². The van der Waals surface area contributed by atoms with Crippen LogP contribution in [0.5, 0.6) is 11.5 Å². The van der Waals surface area contributed by atoms with E-state index < -0.39 is 33.8 Å². The number of anilines is 2. The number of hydrogen-bond donors (Lipinski definition) is 1. The van der Waals surface area contributed by atoms with Crippen LogP contribution in [0.1, 0.15) is 62.5 Å². The highest BCUT2D eigenvalue weighted by molar-refractivity contribution is 7.13.